The second-order valence-corrected chi connectivity index (χ2v) is 7.80. The van der Waals surface area contributed by atoms with Crippen molar-refractivity contribution >= 4 is 33.4 Å². The van der Waals surface area contributed by atoms with Crippen LogP contribution in [-0.4, -0.2) is 32.4 Å². The number of nitrogens with one attached hydrogen (secondary N) is 1. The number of rotatable bonds is 5. The second kappa shape index (κ2) is 7.79. The van der Waals surface area contributed by atoms with Crippen LogP contribution in [-0.2, 0) is 16.6 Å². The third-order valence-electron chi connectivity index (χ3n) is 3.60. The van der Waals surface area contributed by atoms with E-state index < -0.39 is 10.2 Å². The van der Waals surface area contributed by atoms with Gasteiger partial charge in [-0.15, -0.1) is 0 Å². The number of hydrogen-bond acceptors (Lipinski definition) is 2. The number of benzene rings is 1. The lowest BCUT2D eigenvalue weighted by atomic mass is 10.1. The van der Waals surface area contributed by atoms with Crippen molar-refractivity contribution in [3.8, 4) is 0 Å². The van der Waals surface area contributed by atoms with E-state index in [-0.39, 0.29) is 0 Å². The van der Waals surface area contributed by atoms with Gasteiger partial charge >= 0.3 is 0 Å². The van der Waals surface area contributed by atoms with E-state index in [1.54, 1.807) is 16.4 Å². The van der Waals surface area contributed by atoms with Gasteiger partial charge in [0.15, 0.2) is 0 Å². The van der Waals surface area contributed by atoms with Crippen LogP contribution in [0, 0.1) is 0 Å². The first-order valence-electron chi connectivity index (χ1n) is 7.18. The number of nitrogens with zero attached hydrogens (tertiary/aromatic N) is 1. The average Bonchev–Trinajstić information content (AvgIpc) is 2.70. The van der Waals surface area contributed by atoms with Crippen LogP contribution in [0.4, 0.5) is 0 Å². The van der Waals surface area contributed by atoms with Gasteiger partial charge in [0, 0.05) is 29.7 Å². The molecule has 0 atom stereocenters. The predicted octanol–water partition coefficient (Wildman–Crippen LogP) is 3.25. The molecule has 1 heterocycles. The highest BCUT2D eigenvalue weighted by Crippen LogP contribution is 2.21. The van der Waals surface area contributed by atoms with E-state index in [1.807, 2.05) is 6.07 Å². The van der Waals surface area contributed by atoms with Crippen LogP contribution in [0.25, 0.3) is 0 Å². The fraction of sp³-hybridized carbons (Fsp3) is 0.571. The van der Waals surface area contributed by atoms with Gasteiger partial charge in [0.25, 0.3) is 10.2 Å². The van der Waals surface area contributed by atoms with Gasteiger partial charge in [-0.1, -0.05) is 42.1 Å². The Hall–Kier alpha value is -0.330. The molecular formula is C14H20Cl2N2O2S. The van der Waals surface area contributed by atoms with Gasteiger partial charge in [-0.25, -0.2) is 4.72 Å². The number of hydrogen-bond donors (Lipinski definition) is 1. The van der Waals surface area contributed by atoms with Gasteiger partial charge in [-0.05, 0) is 37.0 Å². The molecule has 2 rings (SSSR count). The van der Waals surface area contributed by atoms with E-state index in [1.165, 1.54) is 0 Å². The first-order chi connectivity index (χ1) is 9.99. The largest absolute Gasteiger partial charge is 0.279 e. The highest BCUT2D eigenvalue weighted by atomic mass is 35.5. The van der Waals surface area contributed by atoms with E-state index >= 15 is 0 Å². The minimum Gasteiger partial charge on any atom is -0.202 e. The first kappa shape index (κ1) is 17.0. The topological polar surface area (TPSA) is 49.4 Å². The van der Waals surface area contributed by atoms with Crippen molar-refractivity contribution < 1.29 is 8.42 Å². The Morgan fingerprint density at radius 3 is 2.38 bits per heavy atom. The molecule has 21 heavy (non-hydrogen) atoms. The van der Waals surface area contributed by atoms with Crippen molar-refractivity contribution in [1.82, 2.24) is 9.03 Å². The summed E-state index contributed by atoms with van der Waals surface area (Å²) in [4.78, 5) is 0. The maximum Gasteiger partial charge on any atom is 0.279 e. The molecule has 0 bridgehead atoms. The van der Waals surface area contributed by atoms with E-state index in [4.69, 9.17) is 23.2 Å². The fourth-order valence-electron chi connectivity index (χ4n) is 2.41. The van der Waals surface area contributed by atoms with E-state index in [2.05, 4.69) is 4.72 Å². The van der Waals surface area contributed by atoms with Gasteiger partial charge in [0.05, 0.1) is 0 Å². The molecule has 1 aromatic carbocycles. The summed E-state index contributed by atoms with van der Waals surface area (Å²) >= 11 is 11.9. The second-order valence-electron chi connectivity index (χ2n) is 5.20. The monoisotopic (exact) mass is 350 g/mol. The number of halogens is 2. The van der Waals surface area contributed by atoms with E-state index in [0.717, 1.165) is 31.2 Å². The molecule has 0 radical (unpaired) electrons. The van der Waals surface area contributed by atoms with Crippen molar-refractivity contribution in [2.75, 3.05) is 19.6 Å². The van der Waals surface area contributed by atoms with Crippen LogP contribution in [0.15, 0.2) is 18.2 Å². The predicted molar refractivity (Wildman–Crippen MR) is 87.1 cm³/mol. The third-order valence-corrected chi connectivity index (χ3v) is 5.80. The lowest BCUT2D eigenvalue weighted by Gasteiger charge is -2.20. The van der Waals surface area contributed by atoms with Crippen LogP contribution in [0.5, 0.6) is 0 Å². The Morgan fingerprint density at radius 2 is 1.76 bits per heavy atom. The maximum absolute atomic E-state index is 12.2. The molecule has 1 aromatic rings. The molecule has 118 valence electrons. The van der Waals surface area contributed by atoms with Crippen LogP contribution in [0.2, 0.25) is 10.0 Å². The normalized spacial score (nSPS) is 17.6. The molecule has 0 aliphatic carbocycles. The molecule has 0 saturated carbocycles. The van der Waals surface area contributed by atoms with Gasteiger partial charge in [0.2, 0.25) is 0 Å². The quantitative estimate of drug-likeness (QED) is 0.885. The SMILES string of the molecule is O=S(=O)(NCCc1ccc(Cl)cc1Cl)N1CCCCCC1. The molecule has 4 nitrogen and oxygen atoms in total. The molecule has 1 aliphatic heterocycles. The summed E-state index contributed by atoms with van der Waals surface area (Å²) < 4.78 is 28.7. The van der Waals surface area contributed by atoms with Gasteiger partial charge in [-0.3, -0.25) is 0 Å². The van der Waals surface area contributed by atoms with E-state index in [0.29, 0.717) is 36.1 Å². The highest BCUT2D eigenvalue weighted by molar-refractivity contribution is 7.87. The average molecular weight is 351 g/mol. The highest BCUT2D eigenvalue weighted by Gasteiger charge is 2.22. The Morgan fingerprint density at radius 1 is 1.10 bits per heavy atom. The molecule has 0 unspecified atom stereocenters. The zero-order valence-corrected chi connectivity index (χ0v) is 14.1. The minimum absolute atomic E-state index is 0.334. The summed E-state index contributed by atoms with van der Waals surface area (Å²) in [5.41, 5.74) is 0.889. The Kier molecular flexibility index (Phi) is 6.32. The van der Waals surface area contributed by atoms with Crippen LogP contribution < -0.4 is 4.72 Å². The smallest absolute Gasteiger partial charge is 0.202 e. The zero-order valence-electron chi connectivity index (χ0n) is 11.8. The standard InChI is InChI=1S/C14H20Cl2N2O2S/c15-13-6-5-12(14(16)11-13)7-8-17-21(19,20)18-9-3-1-2-4-10-18/h5-6,11,17H,1-4,7-10H2. The van der Waals surface area contributed by atoms with Crippen LogP contribution in [0.3, 0.4) is 0 Å². The zero-order chi connectivity index (χ0) is 15.3. The summed E-state index contributed by atoms with van der Waals surface area (Å²) in [5.74, 6) is 0. The molecular weight excluding hydrogens is 331 g/mol. The van der Waals surface area contributed by atoms with Crippen molar-refractivity contribution in [2.45, 2.75) is 32.1 Å². The van der Waals surface area contributed by atoms with Crippen molar-refractivity contribution in [3.63, 3.8) is 0 Å². The summed E-state index contributed by atoms with van der Waals surface area (Å²) in [5, 5.41) is 1.14. The Balaban J connectivity index is 1.89. The van der Waals surface area contributed by atoms with Gasteiger partial charge in [-0.2, -0.15) is 12.7 Å². The lowest BCUT2D eigenvalue weighted by Crippen LogP contribution is -2.41. The summed E-state index contributed by atoms with van der Waals surface area (Å²) in [6.45, 7) is 1.55. The van der Waals surface area contributed by atoms with Crippen LogP contribution in [0.1, 0.15) is 31.2 Å². The molecule has 0 aromatic heterocycles. The van der Waals surface area contributed by atoms with Crippen molar-refractivity contribution in [3.05, 3.63) is 33.8 Å². The fourth-order valence-corrected chi connectivity index (χ4v) is 4.20. The molecule has 7 heteroatoms. The summed E-state index contributed by atoms with van der Waals surface area (Å²) in [7, 11) is -3.38. The van der Waals surface area contributed by atoms with Crippen molar-refractivity contribution in [2.24, 2.45) is 0 Å². The molecule has 0 spiro atoms. The summed E-state index contributed by atoms with van der Waals surface area (Å²) in [6, 6.07) is 5.25. The van der Waals surface area contributed by atoms with E-state index in [9.17, 15) is 8.42 Å². The Bertz CT molecular complexity index is 570. The first-order valence-corrected chi connectivity index (χ1v) is 9.37. The molecule has 1 saturated heterocycles. The minimum atomic E-state index is -3.38. The molecule has 1 N–H and O–H groups in total. The summed E-state index contributed by atoms with van der Waals surface area (Å²) in [6.07, 6.45) is 4.62. The van der Waals surface area contributed by atoms with Crippen LogP contribution >= 0.6 is 23.2 Å². The maximum atomic E-state index is 12.2. The molecule has 1 fully saturated rings. The Labute approximate surface area is 136 Å². The van der Waals surface area contributed by atoms with Gasteiger partial charge in [0.1, 0.15) is 0 Å². The lowest BCUT2D eigenvalue weighted by molar-refractivity contribution is 0.415. The molecule has 0 amide bonds. The van der Waals surface area contributed by atoms with Gasteiger partial charge < -0.3 is 0 Å². The third kappa shape index (κ3) is 5.11. The molecule has 1 aliphatic rings. The van der Waals surface area contributed by atoms with Crippen molar-refractivity contribution in [1.29, 1.82) is 0 Å².